The molecule has 0 radical (unpaired) electrons. The van der Waals surface area contributed by atoms with Gasteiger partial charge in [0.25, 0.3) is 10.0 Å². The van der Waals surface area contributed by atoms with E-state index >= 15 is 0 Å². The van der Waals surface area contributed by atoms with Crippen molar-refractivity contribution in [1.82, 2.24) is 0 Å². The Bertz CT molecular complexity index is 976. The minimum atomic E-state index is -3.88. The van der Waals surface area contributed by atoms with Crippen molar-refractivity contribution in [1.29, 1.82) is 0 Å². The normalized spacial score (nSPS) is 14.9. The van der Waals surface area contributed by atoms with E-state index in [9.17, 15) is 13.2 Å². The van der Waals surface area contributed by atoms with Crippen molar-refractivity contribution in [2.45, 2.75) is 31.1 Å². The molecule has 2 aromatic carbocycles. The average Bonchev–Trinajstić information content (AvgIpc) is 2.62. The molecule has 1 heterocycles. The molecular weight excluding hydrogens is 388 g/mol. The van der Waals surface area contributed by atoms with Crippen molar-refractivity contribution >= 4 is 38.9 Å². The van der Waals surface area contributed by atoms with Gasteiger partial charge in [0.15, 0.2) is 0 Å². The highest BCUT2D eigenvalue weighted by Gasteiger charge is 2.23. The van der Waals surface area contributed by atoms with Gasteiger partial charge in [-0.2, -0.15) is 0 Å². The van der Waals surface area contributed by atoms with Crippen LogP contribution < -0.4 is 14.4 Å². The van der Waals surface area contributed by atoms with Gasteiger partial charge in [-0.25, -0.2) is 8.42 Å². The minimum absolute atomic E-state index is 0.0366. The second-order valence-corrected chi connectivity index (χ2v) is 8.49. The fraction of sp³-hybridized carbons (Fsp3) is 0.316. The standard InChI is InChI=1S/C19H21ClN2O4S/c1-13-11-15(7-8-16(13)22-10-4-3-5-19(22)23)21-27(24,25)18-12-14(20)6-9-17(18)26-2/h6-9,11-12,21H,3-5,10H2,1-2H3. The number of amides is 1. The number of halogens is 1. The SMILES string of the molecule is COc1ccc(Cl)cc1S(=O)(=O)Nc1ccc(N2CCCCC2=O)c(C)c1. The van der Waals surface area contributed by atoms with Gasteiger partial charge in [0.2, 0.25) is 5.91 Å². The van der Waals surface area contributed by atoms with Crippen LogP contribution in [-0.2, 0) is 14.8 Å². The van der Waals surface area contributed by atoms with Crippen LogP contribution in [0.25, 0.3) is 0 Å². The number of anilines is 2. The highest BCUT2D eigenvalue weighted by Crippen LogP contribution is 2.31. The maximum atomic E-state index is 12.8. The molecule has 3 rings (SSSR count). The van der Waals surface area contributed by atoms with Gasteiger partial charge in [0.1, 0.15) is 10.6 Å². The molecule has 0 aliphatic carbocycles. The fourth-order valence-corrected chi connectivity index (χ4v) is 4.64. The van der Waals surface area contributed by atoms with Crippen LogP contribution in [0.1, 0.15) is 24.8 Å². The Labute approximate surface area is 164 Å². The van der Waals surface area contributed by atoms with Crippen molar-refractivity contribution in [3.05, 3.63) is 47.0 Å². The summed E-state index contributed by atoms with van der Waals surface area (Å²) in [4.78, 5) is 13.9. The highest BCUT2D eigenvalue weighted by atomic mass is 35.5. The van der Waals surface area contributed by atoms with E-state index in [2.05, 4.69) is 4.72 Å². The summed E-state index contributed by atoms with van der Waals surface area (Å²) in [6, 6.07) is 9.55. The lowest BCUT2D eigenvalue weighted by molar-refractivity contribution is -0.119. The number of rotatable bonds is 5. The number of carbonyl (C=O) groups excluding carboxylic acids is 1. The number of carbonyl (C=O) groups is 1. The van der Waals surface area contributed by atoms with Crippen LogP contribution in [0, 0.1) is 6.92 Å². The Morgan fingerprint density at radius 2 is 1.93 bits per heavy atom. The van der Waals surface area contributed by atoms with Crippen molar-refractivity contribution in [3.63, 3.8) is 0 Å². The van der Waals surface area contributed by atoms with Crippen LogP contribution >= 0.6 is 11.6 Å². The monoisotopic (exact) mass is 408 g/mol. The van der Waals surface area contributed by atoms with Crippen LogP contribution in [0.2, 0.25) is 5.02 Å². The van der Waals surface area contributed by atoms with Gasteiger partial charge >= 0.3 is 0 Å². The first-order chi connectivity index (χ1) is 12.8. The zero-order chi connectivity index (χ0) is 19.6. The Kier molecular flexibility index (Phi) is 5.62. The molecule has 8 heteroatoms. The van der Waals surface area contributed by atoms with Crippen LogP contribution in [0.3, 0.4) is 0 Å². The molecule has 1 saturated heterocycles. The quantitative estimate of drug-likeness (QED) is 0.812. The molecule has 0 aromatic heterocycles. The molecule has 0 atom stereocenters. The second-order valence-electron chi connectivity index (χ2n) is 6.40. The lowest BCUT2D eigenvalue weighted by Crippen LogP contribution is -2.35. The third-order valence-electron chi connectivity index (χ3n) is 4.48. The van der Waals surface area contributed by atoms with E-state index in [-0.39, 0.29) is 16.6 Å². The summed E-state index contributed by atoms with van der Waals surface area (Å²) in [5.74, 6) is 0.306. The maximum absolute atomic E-state index is 12.8. The molecule has 1 amide bonds. The summed E-state index contributed by atoms with van der Waals surface area (Å²) in [7, 11) is -2.48. The predicted octanol–water partition coefficient (Wildman–Crippen LogP) is 3.97. The van der Waals surface area contributed by atoms with Gasteiger partial charge in [-0.1, -0.05) is 11.6 Å². The number of nitrogens with zero attached hydrogens (tertiary/aromatic N) is 1. The van der Waals surface area contributed by atoms with Gasteiger partial charge in [-0.15, -0.1) is 0 Å². The minimum Gasteiger partial charge on any atom is -0.495 e. The van der Waals surface area contributed by atoms with Gasteiger partial charge in [-0.05, 0) is 61.7 Å². The van der Waals surface area contributed by atoms with E-state index in [1.54, 1.807) is 29.2 Å². The highest BCUT2D eigenvalue weighted by molar-refractivity contribution is 7.92. The summed E-state index contributed by atoms with van der Waals surface area (Å²) in [6.07, 6.45) is 2.42. The van der Waals surface area contributed by atoms with Gasteiger partial charge in [-0.3, -0.25) is 9.52 Å². The number of hydrogen-bond donors (Lipinski definition) is 1. The Hall–Kier alpha value is -2.25. The van der Waals surface area contributed by atoms with E-state index in [4.69, 9.17) is 16.3 Å². The van der Waals surface area contributed by atoms with Gasteiger partial charge in [0, 0.05) is 29.4 Å². The number of benzene rings is 2. The van der Waals surface area contributed by atoms with Crippen molar-refractivity contribution < 1.29 is 17.9 Å². The number of piperidine rings is 1. The van der Waals surface area contributed by atoms with E-state index < -0.39 is 10.0 Å². The number of aryl methyl sites for hydroxylation is 1. The zero-order valence-corrected chi connectivity index (χ0v) is 16.7. The third kappa shape index (κ3) is 4.20. The molecule has 144 valence electrons. The first kappa shape index (κ1) is 19.5. The molecule has 1 aliphatic rings. The molecule has 6 nitrogen and oxygen atoms in total. The van der Waals surface area contributed by atoms with Crippen LogP contribution in [-0.4, -0.2) is 28.0 Å². The smallest absolute Gasteiger partial charge is 0.265 e. The number of hydrogen-bond acceptors (Lipinski definition) is 4. The van der Waals surface area contributed by atoms with Crippen LogP contribution in [0.15, 0.2) is 41.3 Å². The molecule has 27 heavy (non-hydrogen) atoms. The predicted molar refractivity (Wildman–Crippen MR) is 106 cm³/mol. The fourth-order valence-electron chi connectivity index (χ4n) is 3.15. The largest absolute Gasteiger partial charge is 0.495 e. The molecule has 2 aromatic rings. The van der Waals surface area contributed by atoms with Crippen molar-refractivity contribution in [2.24, 2.45) is 0 Å². The molecule has 1 N–H and O–H groups in total. The Morgan fingerprint density at radius 3 is 2.59 bits per heavy atom. The summed E-state index contributed by atoms with van der Waals surface area (Å²) in [5.41, 5.74) is 2.04. The molecule has 0 spiro atoms. The van der Waals surface area contributed by atoms with Crippen molar-refractivity contribution in [2.75, 3.05) is 23.3 Å². The molecule has 0 unspecified atom stereocenters. The van der Waals surface area contributed by atoms with Gasteiger partial charge < -0.3 is 9.64 Å². The summed E-state index contributed by atoms with van der Waals surface area (Å²) in [5, 5.41) is 0.298. The average molecular weight is 409 g/mol. The van der Waals surface area contributed by atoms with Gasteiger partial charge in [0.05, 0.1) is 7.11 Å². The molecule has 0 saturated carbocycles. The molecular formula is C19H21ClN2O4S. The summed E-state index contributed by atoms with van der Waals surface area (Å²) >= 11 is 5.94. The van der Waals surface area contributed by atoms with Crippen molar-refractivity contribution in [3.8, 4) is 5.75 Å². The van der Waals surface area contributed by atoms with Crippen LogP contribution in [0.5, 0.6) is 5.75 Å². The molecule has 1 aliphatic heterocycles. The van der Waals surface area contributed by atoms with E-state index in [1.807, 2.05) is 6.92 Å². The number of nitrogens with one attached hydrogen (secondary N) is 1. The molecule has 1 fully saturated rings. The first-order valence-corrected chi connectivity index (χ1v) is 10.5. The second kappa shape index (κ2) is 7.78. The zero-order valence-electron chi connectivity index (χ0n) is 15.2. The summed E-state index contributed by atoms with van der Waals surface area (Å²) in [6.45, 7) is 2.54. The summed E-state index contributed by atoms with van der Waals surface area (Å²) < 4.78 is 33.2. The number of ether oxygens (including phenoxy) is 1. The molecule has 0 bridgehead atoms. The van der Waals surface area contributed by atoms with E-state index in [0.29, 0.717) is 23.7 Å². The van der Waals surface area contributed by atoms with E-state index in [0.717, 1.165) is 24.1 Å². The Morgan fingerprint density at radius 1 is 1.15 bits per heavy atom. The maximum Gasteiger partial charge on any atom is 0.265 e. The van der Waals surface area contributed by atoms with Crippen LogP contribution in [0.4, 0.5) is 11.4 Å². The topological polar surface area (TPSA) is 75.7 Å². The third-order valence-corrected chi connectivity index (χ3v) is 6.12. The number of methoxy groups -OCH3 is 1. The lowest BCUT2D eigenvalue weighted by Gasteiger charge is -2.28. The lowest BCUT2D eigenvalue weighted by atomic mass is 10.1. The number of sulfonamides is 1. The first-order valence-electron chi connectivity index (χ1n) is 8.59. The Balaban J connectivity index is 1.89. The van der Waals surface area contributed by atoms with E-state index in [1.165, 1.54) is 19.2 Å².